The Morgan fingerprint density at radius 1 is 1.02 bits per heavy atom. The highest BCUT2D eigenvalue weighted by atomic mass is 35.6. The van der Waals surface area contributed by atoms with Gasteiger partial charge in [-0.05, 0) is 53.0 Å². The molecule has 2 aromatic rings. The van der Waals surface area contributed by atoms with Crippen LogP contribution in [0.5, 0.6) is 5.75 Å². The second-order valence-corrected chi connectivity index (χ2v) is 19.4. The first-order valence-electron chi connectivity index (χ1n) is 16.5. The average Bonchev–Trinajstić information content (AvgIpc) is 3.40. The third-order valence-electron chi connectivity index (χ3n) is 7.54. The van der Waals surface area contributed by atoms with Gasteiger partial charge in [0.25, 0.3) is 0 Å². The zero-order chi connectivity index (χ0) is 34.9. The molecule has 1 aromatic carbocycles. The number of hydrogen-bond donors (Lipinski definition) is 2. The van der Waals surface area contributed by atoms with E-state index in [1.807, 2.05) is 24.3 Å². The minimum atomic E-state index is -1.67. The molecule has 9 nitrogen and oxygen atoms in total. The topological polar surface area (TPSA) is 96.2 Å². The number of nitrogens with one attached hydrogen (secondary N) is 1. The number of rotatable bonds is 17. The van der Waals surface area contributed by atoms with Gasteiger partial charge in [-0.3, -0.25) is 0 Å². The molecule has 0 spiro atoms. The van der Waals surface area contributed by atoms with Crippen molar-refractivity contribution in [1.29, 1.82) is 0 Å². The van der Waals surface area contributed by atoms with Gasteiger partial charge in [-0.1, -0.05) is 75.5 Å². The summed E-state index contributed by atoms with van der Waals surface area (Å²) in [5.74, 6) is 1.52. The number of hydrogen-bond acceptors (Lipinski definition) is 8. The van der Waals surface area contributed by atoms with Gasteiger partial charge in [0.05, 0.1) is 31.2 Å². The highest BCUT2D eigenvalue weighted by Crippen LogP contribution is 2.32. The van der Waals surface area contributed by atoms with E-state index >= 15 is 0 Å². The van der Waals surface area contributed by atoms with E-state index in [-0.39, 0.29) is 34.6 Å². The fraction of sp³-hybridized carbons (Fsp3) is 0.735. The summed E-state index contributed by atoms with van der Waals surface area (Å²) in [4.78, 5) is 0. The third-order valence-corrected chi connectivity index (χ3v) is 11.3. The fourth-order valence-electron chi connectivity index (χ4n) is 5.33. The van der Waals surface area contributed by atoms with Crippen molar-refractivity contribution < 1.29 is 28.8 Å². The maximum absolute atomic E-state index is 10.6. The van der Waals surface area contributed by atoms with Gasteiger partial charge in [-0.25, -0.2) is 4.68 Å². The number of alkyl halides is 3. The van der Waals surface area contributed by atoms with Crippen LogP contribution in [-0.2, 0) is 41.9 Å². The van der Waals surface area contributed by atoms with E-state index in [1.165, 1.54) is 0 Å². The SMILES string of the molecule is CC(C)[C@H](OCc1ccc(-n2nc(C(C)(C)C)cc2NC(O)OCC(Cl)(Cl)Cl)cc1OCCOC1CCCCO1)[S+](C(C)C)C(C)C. The summed E-state index contributed by atoms with van der Waals surface area (Å²) >= 11 is 17.5. The van der Waals surface area contributed by atoms with Crippen molar-refractivity contribution in [1.82, 2.24) is 9.78 Å². The highest BCUT2D eigenvalue weighted by Gasteiger charge is 2.39. The van der Waals surface area contributed by atoms with Crippen LogP contribution >= 0.6 is 34.8 Å². The third kappa shape index (κ3) is 13.0. The summed E-state index contributed by atoms with van der Waals surface area (Å²) in [5.41, 5.74) is 2.29. The predicted molar refractivity (Wildman–Crippen MR) is 194 cm³/mol. The molecular formula is C34H55Cl3N3O6S+. The highest BCUT2D eigenvalue weighted by molar-refractivity contribution is 7.98. The number of benzene rings is 1. The first-order valence-corrected chi connectivity index (χ1v) is 19.1. The molecule has 1 aromatic heterocycles. The van der Waals surface area contributed by atoms with Crippen molar-refractivity contribution in [3.63, 3.8) is 0 Å². The molecule has 1 fully saturated rings. The molecule has 2 heterocycles. The molecule has 1 saturated heterocycles. The van der Waals surface area contributed by atoms with Gasteiger partial charge in [0.1, 0.15) is 28.7 Å². The molecule has 268 valence electrons. The van der Waals surface area contributed by atoms with Gasteiger partial charge in [0.2, 0.25) is 15.6 Å². The van der Waals surface area contributed by atoms with Gasteiger partial charge in [0, 0.05) is 46.5 Å². The van der Waals surface area contributed by atoms with Gasteiger partial charge in [-0.2, -0.15) is 5.10 Å². The Balaban J connectivity index is 1.92. The summed E-state index contributed by atoms with van der Waals surface area (Å²) in [6.07, 6.45) is 1.42. The lowest BCUT2D eigenvalue weighted by Crippen LogP contribution is -2.40. The van der Waals surface area contributed by atoms with Gasteiger partial charge in [0.15, 0.2) is 6.29 Å². The van der Waals surface area contributed by atoms with Crippen LogP contribution in [0.15, 0.2) is 24.3 Å². The molecule has 0 amide bonds. The van der Waals surface area contributed by atoms with E-state index in [1.54, 1.807) is 4.68 Å². The van der Waals surface area contributed by atoms with Crippen molar-refractivity contribution in [3.8, 4) is 11.4 Å². The van der Waals surface area contributed by atoms with Gasteiger partial charge in [-0.15, -0.1) is 0 Å². The molecule has 0 aliphatic carbocycles. The molecular weight excluding hydrogens is 685 g/mol. The molecule has 0 saturated carbocycles. The van der Waals surface area contributed by atoms with Gasteiger partial charge >= 0.3 is 0 Å². The van der Waals surface area contributed by atoms with Crippen molar-refractivity contribution in [3.05, 3.63) is 35.5 Å². The number of halogens is 3. The zero-order valence-corrected chi connectivity index (χ0v) is 32.4. The van der Waals surface area contributed by atoms with Crippen molar-refractivity contribution >= 4 is 51.5 Å². The molecule has 1 aliphatic rings. The normalized spacial score (nSPS) is 17.6. The Morgan fingerprint density at radius 2 is 1.72 bits per heavy atom. The molecule has 3 atom stereocenters. The first-order chi connectivity index (χ1) is 22.0. The molecule has 13 heteroatoms. The van der Waals surface area contributed by atoms with Crippen LogP contribution in [0.25, 0.3) is 5.69 Å². The fourth-order valence-corrected chi connectivity index (χ4v) is 8.53. The van der Waals surface area contributed by atoms with Crippen LogP contribution in [0.4, 0.5) is 5.82 Å². The number of nitrogens with zero attached hydrogens (tertiary/aromatic N) is 2. The van der Waals surface area contributed by atoms with Crippen LogP contribution in [0.2, 0.25) is 0 Å². The second-order valence-electron chi connectivity index (χ2n) is 13.7. The number of aliphatic hydroxyl groups excluding tert-OH is 1. The molecule has 3 rings (SSSR count). The van der Waals surface area contributed by atoms with E-state index in [9.17, 15) is 5.11 Å². The first kappa shape index (κ1) is 40.5. The van der Waals surface area contributed by atoms with Gasteiger partial charge < -0.3 is 34.1 Å². The Hall–Kier alpha value is -0.950. The summed E-state index contributed by atoms with van der Waals surface area (Å²) in [6, 6.07) is 7.77. The minimum absolute atomic E-state index is 0.0780. The molecule has 47 heavy (non-hydrogen) atoms. The van der Waals surface area contributed by atoms with Crippen LogP contribution < -0.4 is 10.1 Å². The maximum atomic E-state index is 10.6. The lowest BCUT2D eigenvalue weighted by molar-refractivity contribution is -0.165. The van der Waals surface area contributed by atoms with Crippen LogP contribution in [-0.4, -0.2) is 73.7 Å². The Labute approximate surface area is 299 Å². The predicted octanol–water partition coefficient (Wildman–Crippen LogP) is 8.10. The number of ether oxygens (including phenoxy) is 5. The quantitative estimate of drug-likeness (QED) is 0.0728. The Bertz CT molecular complexity index is 1220. The van der Waals surface area contributed by atoms with E-state index in [2.05, 4.69) is 67.6 Å². The van der Waals surface area contributed by atoms with Crippen LogP contribution in [0.3, 0.4) is 0 Å². The number of aliphatic hydroxyl groups is 1. The summed E-state index contributed by atoms with van der Waals surface area (Å²) in [6.45, 7) is 21.3. The molecule has 2 N–H and O–H groups in total. The molecule has 2 unspecified atom stereocenters. The monoisotopic (exact) mass is 738 g/mol. The Morgan fingerprint density at radius 3 is 2.30 bits per heavy atom. The largest absolute Gasteiger partial charge is 0.491 e. The zero-order valence-electron chi connectivity index (χ0n) is 29.4. The summed E-state index contributed by atoms with van der Waals surface area (Å²) in [5, 5.41) is 19.4. The second kappa shape index (κ2) is 18.3. The summed E-state index contributed by atoms with van der Waals surface area (Å²) < 4.78 is 30.1. The number of aromatic nitrogens is 2. The van der Waals surface area contributed by atoms with Crippen molar-refractivity contribution in [2.45, 2.75) is 126 Å². The number of anilines is 1. The van der Waals surface area contributed by atoms with Crippen molar-refractivity contribution in [2.75, 3.05) is 31.7 Å². The lowest BCUT2D eigenvalue weighted by Gasteiger charge is -2.28. The maximum Gasteiger partial charge on any atom is 0.236 e. The van der Waals surface area contributed by atoms with Crippen LogP contribution in [0, 0.1) is 5.92 Å². The van der Waals surface area contributed by atoms with E-state index in [0.29, 0.717) is 47.8 Å². The molecule has 0 bridgehead atoms. The lowest BCUT2D eigenvalue weighted by atomic mass is 9.92. The smallest absolute Gasteiger partial charge is 0.236 e. The molecule has 1 aliphatic heterocycles. The van der Waals surface area contributed by atoms with Crippen LogP contribution in [0.1, 0.15) is 92.8 Å². The summed E-state index contributed by atoms with van der Waals surface area (Å²) in [7, 11) is 0.0780. The van der Waals surface area contributed by atoms with E-state index in [4.69, 9.17) is 63.6 Å². The minimum Gasteiger partial charge on any atom is -0.491 e. The molecule has 0 radical (unpaired) electrons. The average molecular weight is 740 g/mol. The van der Waals surface area contributed by atoms with E-state index in [0.717, 1.165) is 42.8 Å². The Kier molecular flexibility index (Phi) is 15.8. The van der Waals surface area contributed by atoms with Crippen molar-refractivity contribution in [2.24, 2.45) is 5.92 Å². The standard InChI is InChI=1S/C34H55Cl3N3O6S/c1-22(2)31(47(23(3)4)24(5)6)45-20-25-13-14-26(18-27(25)42-16-17-44-30-12-10-11-15-43-30)40-29(19-28(39-40)33(7,8)9)38-32(41)46-21-34(35,36)37/h13-14,18-19,22-24,30-32,38,41H,10-12,15-17,20-21H2,1-9H3/q+1/t30?,31-,32?/m1/s1. The van der Waals surface area contributed by atoms with E-state index < -0.39 is 10.2 Å².